The molecule has 1 aliphatic carbocycles. The van der Waals surface area contributed by atoms with Crippen LogP contribution in [-0.4, -0.2) is 12.6 Å². The van der Waals surface area contributed by atoms with E-state index in [-0.39, 0.29) is 0 Å². The predicted molar refractivity (Wildman–Crippen MR) is 75.7 cm³/mol. The first-order valence-corrected chi connectivity index (χ1v) is 7.44. The van der Waals surface area contributed by atoms with Gasteiger partial charge in [-0.1, -0.05) is 19.1 Å². The molecule has 1 nitrogen and oxygen atoms in total. The van der Waals surface area contributed by atoms with Crippen LogP contribution in [-0.2, 0) is 6.42 Å². The van der Waals surface area contributed by atoms with E-state index in [9.17, 15) is 0 Å². The Hall–Kier alpha value is -0.860. The largest absolute Gasteiger partial charge is 0.314 e. The molecular weight excluding hydrogens is 226 g/mol. The summed E-state index contributed by atoms with van der Waals surface area (Å²) in [6.07, 6.45) is 4.01. The highest BCUT2D eigenvalue weighted by Gasteiger charge is 2.30. The van der Waals surface area contributed by atoms with Crippen molar-refractivity contribution >= 4 is 21.4 Å². The van der Waals surface area contributed by atoms with Crippen LogP contribution in [0.25, 0.3) is 10.1 Å². The van der Waals surface area contributed by atoms with Gasteiger partial charge in [-0.05, 0) is 60.2 Å². The molecule has 1 aromatic carbocycles. The summed E-state index contributed by atoms with van der Waals surface area (Å²) < 4.78 is 1.40. The van der Waals surface area contributed by atoms with Crippen molar-refractivity contribution in [1.29, 1.82) is 0 Å². The fourth-order valence-corrected chi connectivity index (χ4v) is 3.33. The lowest BCUT2D eigenvalue weighted by molar-refractivity contribution is 0.472. The summed E-state index contributed by atoms with van der Waals surface area (Å²) in [7, 11) is 0. The van der Waals surface area contributed by atoms with Crippen molar-refractivity contribution in [3.63, 3.8) is 0 Å². The van der Waals surface area contributed by atoms with E-state index in [4.69, 9.17) is 0 Å². The Morgan fingerprint density at radius 2 is 2.24 bits per heavy atom. The summed E-state index contributed by atoms with van der Waals surface area (Å²) in [4.78, 5) is 0. The minimum Gasteiger partial charge on any atom is -0.314 e. The summed E-state index contributed by atoms with van der Waals surface area (Å²) in [5, 5.41) is 7.22. The van der Waals surface area contributed by atoms with Gasteiger partial charge in [-0.2, -0.15) is 0 Å². The average molecular weight is 245 g/mol. The van der Waals surface area contributed by atoms with Crippen LogP contribution >= 0.6 is 11.3 Å². The molecule has 1 heterocycles. The monoisotopic (exact) mass is 245 g/mol. The number of hydrogen-bond donors (Lipinski definition) is 1. The number of thiophene rings is 1. The molecule has 1 N–H and O–H groups in total. The second-order valence-electron chi connectivity index (χ2n) is 5.00. The van der Waals surface area contributed by atoms with Crippen molar-refractivity contribution in [3.8, 4) is 0 Å². The summed E-state index contributed by atoms with van der Waals surface area (Å²) in [6.45, 7) is 3.29. The molecule has 0 spiro atoms. The average Bonchev–Trinajstić information content (AvgIpc) is 3.07. The van der Waals surface area contributed by atoms with E-state index in [2.05, 4.69) is 41.9 Å². The van der Waals surface area contributed by atoms with Crippen LogP contribution in [0.3, 0.4) is 0 Å². The molecule has 0 amide bonds. The molecule has 0 aliphatic heterocycles. The summed E-state index contributed by atoms with van der Waals surface area (Å²) in [5.74, 6) is 0.924. The Labute approximate surface area is 107 Å². The van der Waals surface area contributed by atoms with Gasteiger partial charge in [-0.15, -0.1) is 11.3 Å². The lowest BCUT2D eigenvalue weighted by Gasteiger charge is -2.17. The molecule has 0 saturated heterocycles. The zero-order valence-electron chi connectivity index (χ0n) is 10.3. The van der Waals surface area contributed by atoms with Crippen LogP contribution in [0.5, 0.6) is 0 Å². The molecule has 0 bridgehead atoms. The third-order valence-electron chi connectivity index (χ3n) is 3.63. The zero-order valence-corrected chi connectivity index (χ0v) is 11.1. The van der Waals surface area contributed by atoms with Crippen LogP contribution in [0.2, 0.25) is 0 Å². The third-order valence-corrected chi connectivity index (χ3v) is 4.53. The minimum absolute atomic E-state index is 0.691. The van der Waals surface area contributed by atoms with Crippen LogP contribution in [0.4, 0.5) is 0 Å². The number of rotatable bonds is 5. The summed E-state index contributed by atoms with van der Waals surface area (Å²) >= 11 is 1.83. The zero-order chi connectivity index (χ0) is 11.7. The molecule has 90 valence electrons. The van der Waals surface area contributed by atoms with Gasteiger partial charge in [-0.25, -0.2) is 0 Å². The Kier molecular flexibility index (Phi) is 3.17. The lowest BCUT2D eigenvalue weighted by atomic mass is 10.0. The normalized spacial score (nSPS) is 17.5. The van der Waals surface area contributed by atoms with Gasteiger partial charge in [-0.3, -0.25) is 0 Å². The second-order valence-corrected chi connectivity index (χ2v) is 5.95. The number of benzene rings is 1. The van der Waals surface area contributed by atoms with Crippen LogP contribution < -0.4 is 5.32 Å². The maximum atomic E-state index is 3.64. The standard InChI is InChI=1S/C15H19NS/c1-2-16-14(12-4-5-12)10-11-3-6-15-13(9-11)7-8-17-15/h3,6-9,12,14,16H,2,4-5,10H2,1H3. The molecule has 0 radical (unpaired) electrons. The van der Waals surface area contributed by atoms with Crippen molar-refractivity contribution in [3.05, 3.63) is 35.2 Å². The summed E-state index contributed by atoms with van der Waals surface area (Å²) in [6, 6.07) is 9.84. The van der Waals surface area contributed by atoms with Gasteiger partial charge in [0.1, 0.15) is 0 Å². The van der Waals surface area contributed by atoms with E-state index in [1.54, 1.807) is 0 Å². The smallest absolute Gasteiger partial charge is 0.0342 e. The van der Waals surface area contributed by atoms with E-state index in [1.165, 1.54) is 34.9 Å². The molecule has 1 atom stereocenters. The van der Waals surface area contributed by atoms with E-state index in [0.717, 1.165) is 12.5 Å². The number of likely N-dealkylation sites (N-methyl/N-ethyl adjacent to an activating group) is 1. The Morgan fingerprint density at radius 3 is 3.00 bits per heavy atom. The number of fused-ring (bicyclic) bond motifs is 1. The van der Waals surface area contributed by atoms with Crippen molar-refractivity contribution in [2.24, 2.45) is 5.92 Å². The highest BCUT2D eigenvalue weighted by atomic mass is 32.1. The first-order valence-electron chi connectivity index (χ1n) is 6.56. The van der Waals surface area contributed by atoms with E-state index >= 15 is 0 Å². The molecule has 2 aromatic rings. The highest BCUT2D eigenvalue weighted by Crippen LogP contribution is 2.34. The van der Waals surface area contributed by atoms with E-state index in [0.29, 0.717) is 6.04 Å². The first kappa shape index (κ1) is 11.2. The van der Waals surface area contributed by atoms with E-state index < -0.39 is 0 Å². The fraction of sp³-hybridized carbons (Fsp3) is 0.467. The quantitative estimate of drug-likeness (QED) is 0.844. The minimum atomic E-state index is 0.691. The molecule has 1 aliphatic rings. The first-order chi connectivity index (χ1) is 8.36. The predicted octanol–water partition coefficient (Wildman–Crippen LogP) is 3.83. The van der Waals surface area contributed by atoms with Crippen LogP contribution in [0.15, 0.2) is 29.6 Å². The summed E-state index contributed by atoms with van der Waals surface area (Å²) in [5.41, 5.74) is 1.48. The highest BCUT2D eigenvalue weighted by molar-refractivity contribution is 7.17. The van der Waals surface area contributed by atoms with Gasteiger partial charge >= 0.3 is 0 Å². The Bertz CT molecular complexity index is 498. The van der Waals surface area contributed by atoms with Gasteiger partial charge in [0.25, 0.3) is 0 Å². The van der Waals surface area contributed by atoms with Crippen molar-refractivity contribution in [2.75, 3.05) is 6.54 Å². The Balaban J connectivity index is 1.77. The maximum absolute atomic E-state index is 3.64. The molecule has 1 fully saturated rings. The fourth-order valence-electron chi connectivity index (χ4n) is 2.56. The SMILES string of the molecule is CCNC(Cc1ccc2sccc2c1)C1CC1. The van der Waals surface area contributed by atoms with E-state index in [1.807, 2.05) is 11.3 Å². The Morgan fingerprint density at radius 1 is 1.35 bits per heavy atom. The second kappa shape index (κ2) is 4.79. The van der Waals surface area contributed by atoms with Gasteiger partial charge < -0.3 is 5.32 Å². The van der Waals surface area contributed by atoms with Crippen LogP contribution in [0.1, 0.15) is 25.3 Å². The lowest BCUT2D eigenvalue weighted by Crippen LogP contribution is -2.32. The number of hydrogen-bond acceptors (Lipinski definition) is 2. The van der Waals surface area contributed by atoms with Crippen LogP contribution in [0, 0.1) is 5.92 Å². The maximum Gasteiger partial charge on any atom is 0.0342 e. The molecule has 2 heteroatoms. The van der Waals surface area contributed by atoms with Crippen molar-refractivity contribution in [1.82, 2.24) is 5.32 Å². The molecule has 3 rings (SSSR count). The molecule has 1 unspecified atom stereocenters. The van der Waals surface area contributed by atoms with Gasteiger partial charge in [0, 0.05) is 10.7 Å². The molecule has 1 aromatic heterocycles. The molecule has 17 heavy (non-hydrogen) atoms. The van der Waals surface area contributed by atoms with Gasteiger partial charge in [0.15, 0.2) is 0 Å². The van der Waals surface area contributed by atoms with Crippen molar-refractivity contribution in [2.45, 2.75) is 32.2 Å². The van der Waals surface area contributed by atoms with Gasteiger partial charge in [0.2, 0.25) is 0 Å². The topological polar surface area (TPSA) is 12.0 Å². The third kappa shape index (κ3) is 2.53. The molecule has 1 saturated carbocycles. The van der Waals surface area contributed by atoms with Crippen molar-refractivity contribution < 1.29 is 0 Å². The van der Waals surface area contributed by atoms with Gasteiger partial charge in [0.05, 0.1) is 0 Å². The molecular formula is C15H19NS. The number of nitrogens with one attached hydrogen (secondary N) is 1.